The lowest BCUT2D eigenvalue weighted by Gasteiger charge is -2.17. The van der Waals surface area contributed by atoms with Crippen LogP contribution < -0.4 is 9.47 Å². The summed E-state index contributed by atoms with van der Waals surface area (Å²) in [5, 5.41) is 5.37. The Morgan fingerprint density at radius 3 is 2.72 bits per heavy atom. The van der Waals surface area contributed by atoms with Crippen LogP contribution in [0.15, 0.2) is 42.5 Å². The minimum absolute atomic E-state index is 0.199. The van der Waals surface area contributed by atoms with E-state index in [9.17, 15) is 4.79 Å². The fraction of sp³-hybridized carbons (Fsp3) is 0.238. The van der Waals surface area contributed by atoms with Crippen LogP contribution in [0.2, 0.25) is 10.2 Å². The van der Waals surface area contributed by atoms with Crippen molar-refractivity contribution in [2.75, 3.05) is 13.8 Å². The number of aryl methyl sites for hydroxylation is 1. The second kappa shape index (κ2) is 7.97. The number of carbonyl (C=O) groups excluding carboxylic acids is 1. The molecule has 29 heavy (non-hydrogen) atoms. The summed E-state index contributed by atoms with van der Waals surface area (Å²) in [6.07, 6.45) is 0. The van der Waals surface area contributed by atoms with Crippen LogP contribution in [0.3, 0.4) is 0 Å². The van der Waals surface area contributed by atoms with Crippen molar-refractivity contribution in [3.05, 3.63) is 75.0 Å². The van der Waals surface area contributed by atoms with Crippen LogP contribution in [0.1, 0.15) is 27.2 Å². The van der Waals surface area contributed by atoms with E-state index in [2.05, 4.69) is 5.10 Å². The summed E-state index contributed by atoms with van der Waals surface area (Å²) in [4.78, 5) is 14.7. The SMILES string of the molecule is Cc1nn(Cc2ccccc2Cl)c(Cl)c1C(=O)N(C)Cc1ccc2c(c1)OCO2. The van der Waals surface area contributed by atoms with E-state index in [-0.39, 0.29) is 12.7 Å². The maximum Gasteiger partial charge on any atom is 0.258 e. The number of ether oxygens (including phenoxy) is 2. The van der Waals surface area contributed by atoms with Crippen LogP contribution in [0.5, 0.6) is 11.5 Å². The molecule has 0 aliphatic carbocycles. The third-order valence-electron chi connectivity index (χ3n) is 4.76. The number of benzene rings is 2. The highest BCUT2D eigenvalue weighted by Crippen LogP contribution is 2.33. The monoisotopic (exact) mass is 431 g/mol. The third kappa shape index (κ3) is 3.91. The van der Waals surface area contributed by atoms with Crippen molar-refractivity contribution in [3.63, 3.8) is 0 Å². The summed E-state index contributed by atoms with van der Waals surface area (Å²) < 4.78 is 12.3. The molecule has 0 saturated heterocycles. The normalized spacial score (nSPS) is 12.3. The van der Waals surface area contributed by atoms with Crippen molar-refractivity contribution < 1.29 is 14.3 Å². The number of carbonyl (C=O) groups is 1. The van der Waals surface area contributed by atoms with Crippen LogP contribution in [0.25, 0.3) is 0 Å². The van der Waals surface area contributed by atoms with Gasteiger partial charge in [0.25, 0.3) is 5.91 Å². The van der Waals surface area contributed by atoms with Crippen molar-refractivity contribution >= 4 is 29.1 Å². The van der Waals surface area contributed by atoms with Gasteiger partial charge in [-0.1, -0.05) is 47.5 Å². The molecule has 4 rings (SSSR count). The van der Waals surface area contributed by atoms with Crippen LogP contribution >= 0.6 is 23.2 Å². The quantitative estimate of drug-likeness (QED) is 0.594. The topological polar surface area (TPSA) is 56.6 Å². The lowest BCUT2D eigenvalue weighted by molar-refractivity contribution is 0.0784. The van der Waals surface area contributed by atoms with Crippen LogP contribution in [-0.4, -0.2) is 34.4 Å². The van der Waals surface area contributed by atoms with Gasteiger partial charge in [-0.25, -0.2) is 4.68 Å². The zero-order valence-electron chi connectivity index (χ0n) is 16.0. The minimum atomic E-state index is -0.199. The van der Waals surface area contributed by atoms with Crippen LogP contribution in [0.4, 0.5) is 0 Å². The Balaban J connectivity index is 1.53. The molecule has 1 aromatic heterocycles. The lowest BCUT2D eigenvalue weighted by Crippen LogP contribution is -2.26. The Kier molecular flexibility index (Phi) is 5.39. The molecule has 0 bridgehead atoms. The summed E-state index contributed by atoms with van der Waals surface area (Å²) in [5.74, 6) is 1.20. The first-order valence-electron chi connectivity index (χ1n) is 9.04. The predicted molar refractivity (Wildman–Crippen MR) is 111 cm³/mol. The number of halogens is 2. The van der Waals surface area contributed by atoms with Gasteiger partial charge < -0.3 is 14.4 Å². The molecule has 0 radical (unpaired) electrons. The van der Waals surface area contributed by atoms with Gasteiger partial charge in [-0.05, 0) is 36.2 Å². The van der Waals surface area contributed by atoms with Crippen molar-refractivity contribution in [1.82, 2.24) is 14.7 Å². The first-order chi connectivity index (χ1) is 13.9. The Bertz CT molecular complexity index is 1080. The summed E-state index contributed by atoms with van der Waals surface area (Å²) in [5.41, 5.74) is 2.78. The van der Waals surface area contributed by atoms with Gasteiger partial charge in [-0.15, -0.1) is 0 Å². The molecule has 1 amide bonds. The van der Waals surface area contributed by atoms with E-state index in [4.69, 9.17) is 32.7 Å². The molecule has 6 nitrogen and oxygen atoms in total. The number of hydrogen-bond acceptors (Lipinski definition) is 4. The van der Waals surface area contributed by atoms with Gasteiger partial charge in [0, 0.05) is 18.6 Å². The second-order valence-corrected chi connectivity index (χ2v) is 7.61. The lowest BCUT2D eigenvalue weighted by atomic mass is 10.1. The van der Waals surface area contributed by atoms with E-state index in [0.717, 1.165) is 11.1 Å². The molecular formula is C21H19Cl2N3O3. The summed E-state index contributed by atoms with van der Waals surface area (Å²) >= 11 is 12.8. The number of aromatic nitrogens is 2. The van der Waals surface area contributed by atoms with Gasteiger partial charge in [0.05, 0.1) is 17.8 Å². The van der Waals surface area contributed by atoms with Crippen molar-refractivity contribution in [2.45, 2.75) is 20.0 Å². The van der Waals surface area contributed by atoms with E-state index < -0.39 is 0 Å². The van der Waals surface area contributed by atoms with Gasteiger partial charge in [0.1, 0.15) is 5.15 Å². The maximum atomic E-state index is 13.1. The van der Waals surface area contributed by atoms with E-state index in [1.165, 1.54) is 0 Å². The molecule has 0 fully saturated rings. The number of fused-ring (bicyclic) bond motifs is 1. The van der Waals surface area contributed by atoms with Gasteiger partial charge in [-0.2, -0.15) is 5.10 Å². The standard InChI is InChI=1S/C21H19Cl2N3O3/c1-13-19(20(23)26(24-13)11-15-5-3-4-6-16(15)22)21(27)25(2)10-14-7-8-17-18(9-14)29-12-28-17/h3-9H,10-12H2,1-2H3. The fourth-order valence-electron chi connectivity index (χ4n) is 3.26. The highest BCUT2D eigenvalue weighted by Gasteiger charge is 2.24. The van der Waals surface area contributed by atoms with Crippen molar-refractivity contribution in [2.24, 2.45) is 0 Å². The highest BCUT2D eigenvalue weighted by atomic mass is 35.5. The zero-order valence-corrected chi connectivity index (χ0v) is 17.5. The Morgan fingerprint density at radius 2 is 1.93 bits per heavy atom. The average molecular weight is 432 g/mol. The first kappa shape index (κ1) is 19.6. The summed E-state index contributed by atoms with van der Waals surface area (Å²) in [7, 11) is 1.73. The van der Waals surface area contributed by atoms with E-state index in [0.29, 0.717) is 46.0 Å². The van der Waals surface area contributed by atoms with E-state index in [1.54, 1.807) is 23.6 Å². The van der Waals surface area contributed by atoms with Gasteiger partial charge in [-0.3, -0.25) is 4.79 Å². The second-order valence-electron chi connectivity index (χ2n) is 6.85. The molecule has 0 N–H and O–H groups in total. The molecule has 0 saturated carbocycles. The molecule has 1 aliphatic heterocycles. The predicted octanol–water partition coefficient (Wildman–Crippen LogP) is 4.55. The van der Waals surface area contributed by atoms with Crippen LogP contribution in [-0.2, 0) is 13.1 Å². The van der Waals surface area contributed by atoms with E-state index >= 15 is 0 Å². The first-order valence-corrected chi connectivity index (χ1v) is 9.80. The van der Waals surface area contributed by atoms with Gasteiger partial charge in [0.15, 0.2) is 11.5 Å². The highest BCUT2D eigenvalue weighted by molar-refractivity contribution is 6.33. The molecule has 8 heteroatoms. The average Bonchev–Trinajstić information content (AvgIpc) is 3.27. The molecule has 0 spiro atoms. The summed E-state index contributed by atoms with van der Waals surface area (Å²) in [6.45, 7) is 2.78. The molecule has 1 aliphatic rings. The Labute approximate surface area is 178 Å². The smallest absolute Gasteiger partial charge is 0.258 e. The molecule has 0 atom stereocenters. The maximum absolute atomic E-state index is 13.1. The van der Waals surface area contributed by atoms with Gasteiger partial charge in [0.2, 0.25) is 6.79 Å². The van der Waals surface area contributed by atoms with Gasteiger partial charge >= 0.3 is 0 Å². The van der Waals surface area contributed by atoms with Crippen LogP contribution in [0, 0.1) is 6.92 Å². The minimum Gasteiger partial charge on any atom is -0.454 e. The molecule has 3 aromatic rings. The molecule has 2 aromatic carbocycles. The Hall–Kier alpha value is -2.70. The molecule has 2 heterocycles. The zero-order chi connectivity index (χ0) is 20.5. The third-order valence-corrected chi connectivity index (χ3v) is 5.51. The fourth-order valence-corrected chi connectivity index (χ4v) is 3.78. The Morgan fingerprint density at radius 1 is 1.17 bits per heavy atom. The number of nitrogens with zero attached hydrogens (tertiary/aromatic N) is 3. The molecule has 0 unspecified atom stereocenters. The molecular weight excluding hydrogens is 413 g/mol. The molecule has 150 valence electrons. The number of amides is 1. The van der Waals surface area contributed by atoms with E-state index in [1.807, 2.05) is 42.5 Å². The summed E-state index contributed by atoms with van der Waals surface area (Å²) in [6, 6.07) is 13.1. The van der Waals surface area contributed by atoms with Crippen molar-refractivity contribution in [3.8, 4) is 11.5 Å². The number of hydrogen-bond donors (Lipinski definition) is 0. The number of rotatable bonds is 5. The largest absolute Gasteiger partial charge is 0.454 e. The van der Waals surface area contributed by atoms with Crippen molar-refractivity contribution in [1.29, 1.82) is 0 Å².